The van der Waals surface area contributed by atoms with Gasteiger partial charge in [0, 0.05) is 22.6 Å². The molecule has 0 spiro atoms. The van der Waals surface area contributed by atoms with E-state index >= 15 is 0 Å². The Balaban J connectivity index is 1.51. The summed E-state index contributed by atoms with van der Waals surface area (Å²) in [6, 6.07) is 16.8. The number of ether oxygens (including phenoxy) is 2. The van der Waals surface area contributed by atoms with Gasteiger partial charge in [-0.05, 0) is 23.4 Å². The van der Waals surface area contributed by atoms with Crippen LogP contribution in [-0.4, -0.2) is 55.8 Å². The number of anilines is 1. The average molecular weight is 508 g/mol. The molecule has 35 heavy (non-hydrogen) atoms. The monoisotopic (exact) mass is 507 g/mol. The molecule has 1 aliphatic rings. The van der Waals surface area contributed by atoms with Gasteiger partial charge in [0.1, 0.15) is 16.8 Å². The molecule has 2 aromatic carbocycles. The molecular formula is C23H21N7O3S2. The van der Waals surface area contributed by atoms with Crippen LogP contribution in [0.3, 0.4) is 0 Å². The highest BCUT2D eigenvalue weighted by Gasteiger charge is 2.37. The number of thioether (sulfide) groups is 1. The molecule has 1 aliphatic heterocycles. The molecule has 0 amide bonds. The number of carbonyl (C=O) groups excluding carboxylic acids is 1. The number of hydrogen-bond donors (Lipinski definition) is 1. The van der Waals surface area contributed by atoms with Crippen LogP contribution in [0.15, 0.2) is 70.2 Å². The van der Waals surface area contributed by atoms with Gasteiger partial charge < -0.3 is 14.8 Å². The zero-order valence-corrected chi connectivity index (χ0v) is 20.5. The topological polar surface area (TPSA) is 117 Å². The smallest absolute Gasteiger partial charge is 0.338 e. The lowest BCUT2D eigenvalue weighted by Gasteiger charge is -2.29. The summed E-state index contributed by atoms with van der Waals surface area (Å²) >= 11 is 2.96. The van der Waals surface area contributed by atoms with Crippen molar-refractivity contribution in [2.45, 2.75) is 17.3 Å². The van der Waals surface area contributed by atoms with Crippen LogP contribution in [0.4, 0.5) is 5.95 Å². The summed E-state index contributed by atoms with van der Waals surface area (Å²) in [7, 11) is 1.36. The molecule has 0 bridgehead atoms. The summed E-state index contributed by atoms with van der Waals surface area (Å²) in [5.74, 6) is 1.00. The van der Waals surface area contributed by atoms with Crippen LogP contribution in [0.5, 0.6) is 5.75 Å². The van der Waals surface area contributed by atoms with Crippen molar-refractivity contribution in [3.63, 3.8) is 0 Å². The summed E-state index contributed by atoms with van der Waals surface area (Å²) in [6.45, 7) is 2.39. The number of rotatable bonds is 8. The van der Waals surface area contributed by atoms with E-state index in [2.05, 4.69) is 31.0 Å². The Labute approximate surface area is 209 Å². The van der Waals surface area contributed by atoms with Crippen LogP contribution in [0.2, 0.25) is 0 Å². The number of tetrazole rings is 1. The highest BCUT2D eigenvalue weighted by atomic mass is 32.2. The molecule has 1 unspecified atom stereocenters. The molecule has 0 aliphatic carbocycles. The minimum Gasteiger partial charge on any atom is -0.494 e. The molecule has 0 radical (unpaired) electrons. The first-order chi connectivity index (χ1) is 17.2. The average Bonchev–Trinajstić information content (AvgIpc) is 3.57. The van der Waals surface area contributed by atoms with Crippen LogP contribution in [0, 0.1) is 0 Å². The number of hydrogen-bond acceptors (Lipinski definition) is 11. The Morgan fingerprint density at radius 3 is 2.71 bits per heavy atom. The van der Waals surface area contributed by atoms with Gasteiger partial charge in [-0.1, -0.05) is 76.7 Å². The number of para-hydroxylation sites is 1. The van der Waals surface area contributed by atoms with Gasteiger partial charge in [-0.3, -0.25) is 0 Å². The minimum atomic E-state index is -0.624. The van der Waals surface area contributed by atoms with Crippen molar-refractivity contribution in [1.29, 1.82) is 0 Å². The van der Waals surface area contributed by atoms with E-state index in [4.69, 9.17) is 9.47 Å². The lowest BCUT2D eigenvalue weighted by atomic mass is 9.95. The van der Waals surface area contributed by atoms with Gasteiger partial charge in [0.15, 0.2) is 4.34 Å². The first kappa shape index (κ1) is 23.0. The SMILES string of the molecule is CCOc1ccccc1C1C(C(=O)OC)=C(CSc2nnc(-c3ccccc3)s2)Nc2nnnn21. The number of esters is 1. The number of nitrogens with one attached hydrogen (secondary N) is 1. The van der Waals surface area contributed by atoms with Crippen LogP contribution in [0.25, 0.3) is 10.6 Å². The summed E-state index contributed by atoms with van der Waals surface area (Å²) in [5, 5.41) is 24.7. The molecule has 4 aromatic rings. The fourth-order valence-corrected chi connectivity index (χ4v) is 5.60. The molecule has 0 saturated carbocycles. The third-order valence-corrected chi connectivity index (χ3v) is 7.42. The normalized spacial score (nSPS) is 14.9. The van der Waals surface area contributed by atoms with Crippen LogP contribution >= 0.6 is 23.1 Å². The Bertz CT molecular complexity index is 1370. The number of methoxy groups -OCH3 is 1. The van der Waals surface area contributed by atoms with Crippen LogP contribution in [-0.2, 0) is 9.53 Å². The third-order valence-electron chi connectivity index (χ3n) is 5.28. The second-order valence-corrected chi connectivity index (χ2v) is 9.56. The Morgan fingerprint density at radius 2 is 1.91 bits per heavy atom. The maximum absolute atomic E-state index is 13.1. The van der Waals surface area contributed by atoms with E-state index < -0.39 is 12.0 Å². The zero-order valence-electron chi connectivity index (χ0n) is 18.9. The molecule has 10 nitrogen and oxygen atoms in total. The maximum Gasteiger partial charge on any atom is 0.338 e. The molecule has 12 heteroatoms. The Hall–Kier alpha value is -3.77. The molecule has 1 N–H and O–H groups in total. The first-order valence-corrected chi connectivity index (χ1v) is 12.6. The highest BCUT2D eigenvalue weighted by Crippen LogP contribution is 2.40. The van der Waals surface area contributed by atoms with E-state index in [-0.39, 0.29) is 0 Å². The molecule has 178 valence electrons. The predicted octanol–water partition coefficient (Wildman–Crippen LogP) is 3.82. The quantitative estimate of drug-likeness (QED) is 0.279. The number of nitrogens with zero attached hydrogens (tertiary/aromatic N) is 6. The second kappa shape index (κ2) is 10.2. The van der Waals surface area contributed by atoms with Gasteiger partial charge in [0.2, 0.25) is 5.95 Å². The van der Waals surface area contributed by atoms with E-state index in [9.17, 15) is 4.79 Å². The van der Waals surface area contributed by atoms with Gasteiger partial charge in [0.25, 0.3) is 0 Å². The largest absolute Gasteiger partial charge is 0.494 e. The summed E-state index contributed by atoms with van der Waals surface area (Å²) in [4.78, 5) is 13.1. The van der Waals surface area contributed by atoms with Crippen LogP contribution in [0.1, 0.15) is 18.5 Å². The molecule has 2 aromatic heterocycles. The highest BCUT2D eigenvalue weighted by molar-refractivity contribution is 8.01. The lowest BCUT2D eigenvalue weighted by molar-refractivity contribution is -0.136. The van der Waals surface area contributed by atoms with Crippen molar-refractivity contribution in [3.05, 3.63) is 71.4 Å². The zero-order chi connectivity index (χ0) is 24.2. The van der Waals surface area contributed by atoms with Gasteiger partial charge >= 0.3 is 5.97 Å². The second-order valence-electron chi connectivity index (χ2n) is 7.36. The number of fused-ring (bicyclic) bond motifs is 1. The fraction of sp³-hybridized carbons (Fsp3) is 0.217. The van der Waals surface area contributed by atoms with E-state index in [1.807, 2.05) is 61.5 Å². The van der Waals surface area contributed by atoms with Gasteiger partial charge in [-0.25, -0.2) is 4.79 Å². The van der Waals surface area contributed by atoms with Crippen molar-refractivity contribution < 1.29 is 14.3 Å². The van der Waals surface area contributed by atoms with Crippen LogP contribution < -0.4 is 10.1 Å². The predicted molar refractivity (Wildman–Crippen MR) is 132 cm³/mol. The summed E-state index contributed by atoms with van der Waals surface area (Å²) in [6.07, 6.45) is 0. The Morgan fingerprint density at radius 1 is 1.11 bits per heavy atom. The van der Waals surface area contributed by atoms with E-state index in [0.717, 1.165) is 20.5 Å². The third kappa shape index (κ3) is 4.62. The summed E-state index contributed by atoms with van der Waals surface area (Å²) < 4.78 is 13.4. The number of carbonyl (C=O) groups is 1. The lowest BCUT2D eigenvalue weighted by Crippen LogP contribution is -2.31. The molecule has 1 atom stereocenters. The molecule has 3 heterocycles. The van der Waals surface area contributed by atoms with Crippen molar-refractivity contribution in [2.24, 2.45) is 0 Å². The van der Waals surface area contributed by atoms with Crippen molar-refractivity contribution in [2.75, 3.05) is 24.8 Å². The fourth-order valence-electron chi connectivity index (χ4n) is 3.78. The Kier molecular flexibility index (Phi) is 6.73. The maximum atomic E-state index is 13.1. The van der Waals surface area contributed by atoms with E-state index in [0.29, 0.717) is 35.3 Å². The van der Waals surface area contributed by atoms with E-state index in [1.165, 1.54) is 30.2 Å². The minimum absolute atomic E-state index is 0.403. The van der Waals surface area contributed by atoms with Crippen molar-refractivity contribution >= 4 is 35.0 Å². The number of aromatic nitrogens is 6. The molecular weight excluding hydrogens is 486 g/mol. The first-order valence-electron chi connectivity index (χ1n) is 10.8. The standard InChI is InChI=1S/C23H21N7O3S2/c1-3-33-17-12-8-7-11-15(17)19-18(21(31)32-2)16(24-22-26-28-29-30(19)22)13-34-23-27-25-20(35-23)14-9-5-4-6-10-14/h4-12,19H,3,13H2,1-2H3,(H,24,26,29). The molecule has 0 fully saturated rings. The van der Waals surface area contributed by atoms with Crippen molar-refractivity contribution in [1.82, 2.24) is 30.4 Å². The molecule has 5 rings (SSSR count). The number of benzene rings is 2. The van der Waals surface area contributed by atoms with Gasteiger partial charge in [-0.2, -0.15) is 4.68 Å². The van der Waals surface area contributed by atoms with Gasteiger partial charge in [0.05, 0.1) is 19.3 Å². The van der Waals surface area contributed by atoms with Crippen molar-refractivity contribution in [3.8, 4) is 16.3 Å². The van der Waals surface area contributed by atoms with E-state index in [1.54, 1.807) is 4.68 Å². The van der Waals surface area contributed by atoms with Gasteiger partial charge in [-0.15, -0.1) is 10.2 Å². The summed E-state index contributed by atoms with van der Waals surface area (Å²) in [5.41, 5.74) is 2.81. The molecule has 0 saturated heterocycles.